The largest absolute Gasteiger partial charge is 0.397 e. The van der Waals surface area contributed by atoms with E-state index in [0.29, 0.717) is 35.8 Å². The first-order valence-corrected chi connectivity index (χ1v) is 6.33. The van der Waals surface area contributed by atoms with Gasteiger partial charge in [0.2, 0.25) is 5.91 Å². The van der Waals surface area contributed by atoms with Crippen molar-refractivity contribution >= 4 is 28.9 Å². The maximum Gasteiger partial charge on any atom is 0.224 e. The Kier molecular flexibility index (Phi) is 5.95. The number of amides is 1. The number of ether oxygens (including phenoxy) is 1. The Bertz CT molecular complexity index is 408. The van der Waals surface area contributed by atoms with Gasteiger partial charge < -0.3 is 15.8 Å². The van der Waals surface area contributed by atoms with Gasteiger partial charge in [-0.2, -0.15) is 0 Å². The molecule has 3 N–H and O–H groups in total. The molecule has 0 aliphatic heterocycles. The average Bonchev–Trinajstić information content (AvgIpc) is 2.28. The lowest BCUT2D eigenvalue weighted by Crippen LogP contribution is -2.14. The van der Waals surface area contributed by atoms with Gasteiger partial charge >= 0.3 is 0 Å². The van der Waals surface area contributed by atoms with E-state index < -0.39 is 0 Å². The molecule has 1 amide bonds. The van der Waals surface area contributed by atoms with Crippen LogP contribution in [-0.2, 0) is 9.53 Å². The van der Waals surface area contributed by atoms with Crippen molar-refractivity contribution in [2.75, 3.05) is 17.7 Å². The molecule has 0 bridgehead atoms. The summed E-state index contributed by atoms with van der Waals surface area (Å²) in [6, 6.07) is 4.99. The number of carbonyl (C=O) groups excluding carboxylic acids is 1. The second-order valence-corrected chi connectivity index (χ2v) is 4.74. The number of nitrogens with two attached hydrogens (primary N) is 1. The molecule has 1 rings (SSSR count). The highest BCUT2D eigenvalue weighted by molar-refractivity contribution is 6.31. The molecule has 0 unspecified atom stereocenters. The number of benzene rings is 1. The van der Waals surface area contributed by atoms with Gasteiger partial charge in [0.15, 0.2) is 0 Å². The average molecular weight is 271 g/mol. The Balaban J connectivity index is 2.35. The Labute approximate surface area is 112 Å². The van der Waals surface area contributed by atoms with Crippen LogP contribution in [-0.4, -0.2) is 18.6 Å². The number of hydrogen-bond donors (Lipinski definition) is 2. The standard InChI is InChI=1S/C13H19ClN2O2/c1-9(2)18-7-3-4-13(17)16-12-6-5-10(14)8-11(12)15/h5-6,8-9H,3-4,7,15H2,1-2H3,(H,16,17). The third-order valence-corrected chi connectivity index (χ3v) is 2.52. The van der Waals surface area contributed by atoms with Crippen LogP contribution in [0.5, 0.6) is 0 Å². The van der Waals surface area contributed by atoms with Crippen molar-refractivity contribution in [2.24, 2.45) is 0 Å². The van der Waals surface area contributed by atoms with Crippen molar-refractivity contribution in [1.29, 1.82) is 0 Å². The van der Waals surface area contributed by atoms with E-state index in [2.05, 4.69) is 5.32 Å². The van der Waals surface area contributed by atoms with Crippen LogP contribution in [0.3, 0.4) is 0 Å². The quantitative estimate of drug-likeness (QED) is 0.617. The van der Waals surface area contributed by atoms with Crippen LogP contribution in [0.15, 0.2) is 18.2 Å². The molecule has 0 atom stereocenters. The minimum absolute atomic E-state index is 0.0728. The zero-order chi connectivity index (χ0) is 13.5. The minimum atomic E-state index is -0.0728. The SMILES string of the molecule is CC(C)OCCCC(=O)Nc1ccc(Cl)cc1N. The first kappa shape index (κ1) is 14.8. The minimum Gasteiger partial charge on any atom is -0.397 e. The number of halogens is 1. The van der Waals surface area contributed by atoms with E-state index in [1.165, 1.54) is 0 Å². The van der Waals surface area contributed by atoms with E-state index in [4.69, 9.17) is 22.1 Å². The summed E-state index contributed by atoms with van der Waals surface area (Å²) in [6.07, 6.45) is 1.30. The van der Waals surface area contributed by atoms with Gasteiger partial charge in [-0.25, -0.2) is 0 Å². The molecule has 100 valence electrons. The van der Waals surface area contributed by atoms with Gasteiger partial charge in [0, 0.05) is 18.1 Å². The Morgan fingerprint density at radius 2 is 2.22 bits per heavy atom. The topological polar surface area (TPSA) is 64.3 Å². The van der Waals surface area contributed by atoms with Gasteiger partial charge in [-0.15, -0.1) is 0 Å². The lowest BCUT2D eigenvalue weighted by molar-refractivity contribution is -0.116. The Morgan fingerprint density at radius 1 is 1.50 bits per heavy atom. The zero-order valence-electron chi connectivity index (χ0n) is 10.7. The molecule has 0 aliphatic carbocycles. The molecular formula is C13H19ClN2O2. The Hall–Kier alpha value is -1.26. The van der Waals surface area contributed by atoms with Gasteiger partial charge in [-0.05, 0) is 38.5 Å². The fourth-order valence-electron chi connectivity index (χ4n) is 1.41. The van der Waals surface area contributed by atoms with Crippen molar-refractivity contribution in [2.45, 2.75) is 32.8 Å². The summed E-state index contributed by atoms with van der Waals surface area (Å²) in [7, 11) is 0. The molecule has 0 saturated heterocycles. The highest BCUT2D eigenvalue weighted by atomic mass is 35.5. The zero-order valence-corrected chi connectivity index (χ0v) is 11.5. The van der Waals surface area contributed by atoms with E-state index in [9.17, 15) is 4.79 Å². The van der Waals surface area contributed by atoms with Crippen LogP contribution in [0.4, 0.5) is 11.4 Å². The number of hydrogen-bond acceptors (Lipinski definition) is 3. The van der Waals surface area contributed by atoms with Crippen LogP contribution in [0.2, 0.25) is 5.02 Å². The van der Waals surface area contributed by atoms with Crippen molar-refractivity contribution in [3.63, 3.8) is 0 Å². The molecule has 0 heterocycles. The number of anilines is 2. The fourth-order valence-corrected chi connectivity index (χ4v) is 1.59. The number of rotatable bonds is 6. The maximum atomic E-state index is 11.6. The predicted octanol–water partition coefficient (Wildman–Crippen LogP) is 3.07. The van der Waals surface area contributed by atoms with Gasteiger partial charge in [-0.3, -0.25) is 4.79 Å². The lowest BCUT2D eigenvalue weighted by atomic mass is 10.2. The van der Waals surface area contributed by atoms with Crippen LogP contribution < -0.4 is 11.1 Å². The van der Waals surface area contributed by atoms with Crippen LogP contribution >= 0.6 is 11.6 Å². The first-order chi connectivity index (χ1) is 8.49. The summed E-state index contributed by atoms with van der Waals surface area (Å²) >= 11 is 5.78. The third kappa shape index (κ3) is 5.38. The van der Waals surface area contributed by atoms with E-state index in [-0.39, 0.29) is 12.0 Å². The molecular weight excluding hydrogens is 252 g/mol. The number of carbonyl (C=O) groups is 1. The smallest absolute Gasteiger partial charge is 0.224 e. The second-order valence-electron chi connectivity index (χ2n) is 4.30. The van der Waals surface area contributed by atoms with E-state index >= 15 is 0 Å². The summed E-state index contributed by atoms with van der Waals surface area (Å²) in [5, 5.41) is 3.30. The molecule has 1 aromatic carbocycles. The molecule has 0 aliphatic rings. The fraction of sp³-hybridized carbons (Fsp3) is 0.462. The van der Waals surface area contributed by atoms with Crippen molar-refractivity contribution in [1.82, 2.24) is 0 Å². The highest BCUT2D eigenvalue weighted by Crippen LogP contribution is 2.22. The van der Waals surface area contributed by atoms with E-state index in [0.717, 1.165) is 0 Å². The van der Waals surface area contributed by atoms with Crippen LogP contribution in [0, 0.1) is 0 Å². The van der Waals surface area contributed by atoms with Crippen molar-refractivity contribution in [3.05, 3.63) is 23.2 Å². The van der Waals surface area contributed by atoms with Gasteiger partial charge in [0.05, 0.1) is 17.5 Å². The molecule has 4 nitrogen and oxygen atoms in total. The first-order valence-electron chi connectivity index (χ1n) is 5.95. The summed E-state index contributed by atoms with van der Waals surface area (Å²) in [5.74, 6) is -0.0728. The second kappa shape index (κ2) is 7.24. The molecule has 18 heavy (non-hydrogen) atoms. The van der Waals surface area contributed by atoms with E-state index in [1.54, 1.807) is 18.2 Å². The van der Waals surface area contributed by atoms with Gasteiger partial charge in [-0.1, -0.05) is 11.6 Å². The van der Waals surface area contributed by atoms with E-state index in [1.807, 2.05) is 13.8 Å². The summed E-state index contributed by atoms with van der Waals surface area (Å²) in [4.78, 5) is 11.6. The van der Waals surface area contributed by atoms with Gasteiger partial charge in [0.25, 0.3) is 0 Å². The third-order valence-electron chi connectivity index (χ3n) is 2.29. The molecule has 1 aromatic rings. The highest BCUT2D eigenvalue weighted by Gasteiger charge is 2.05. The van der Waals surface area contributed by atoms with Gasteiger partial charge in [0.1, 0.15) is 0 Å². The molecule has 5 heteroatoms. The summed E-state index contributed by atoms with van der Waals surface area (Å²) < 4.78 is 5.36. The molecule has 0 spiro atoms. The summed E-state index contributed by atoms with van der Waals surface area (Å²) in [5.41, 5.74) is 6.80. The monoisotopic (exact) mass is 270 g/mol. The normalized spacial score (nSPS) is 10.7. The van der Waals surface area contributed by atoms with Crippen LogP contribution in [0.25, 0.3) is 0 Å². The molecule has 0 aromatic heterocycles. The maximum absolute atomic E-state index is 11.6. The molecule has 0 saturated carbocycles. The lowest BCUT2D eigenvalue weighted by Gasteiger charge is -2.09. The van der Waals surface area contributed by atoms with Crippen molar-refractivity contribution in [3.8, 4) is 0 Å². The number of nitrogen functional groups attached to an aromatic ring is 1. The van der Waals surface area contributed by atoms with Crippen molar-refractivity contribution < 1.29 is 9.53 Å². The van der Waals surface area contributed by atoms with Crippen LogP contribution in [0.1, 0.15) is 26.7 Å². The predicted molar refractivity (Wildman–Crippen MR) is 74.8 cm³/mol. The number of nitrogens with one attached hydrogen (secondary N) is 1. The molecule has 0 radical (unpaired) electrons. The summed E-state index contributed by atoms with van der Waals surface area (Å²) in [6.45, 7) is 4.52. The molecule has 0 fully saturated rings. The Morgan fingerprint density at radius 3 is 2.83 bits per heavy atom.